The van der Waals surface area contributed by atoms with Crippen molar-refractivity contribution in [3.05, 3.63) is 19.7 Å². The quantitative estimate of drug-likeness (QED) is 0.788. The van der Waals surface area contributed by atoms with Crippen LogP contribution >= 0.6 is 33.9 Å². The summed E-state index contributed by atoms with van der Waals surface area (Å²) in [6.45, 7) is 8.60. The second-order valence-corrected chi connectivity index (χ2v) is 7.67. The molecule has 20 heavy (non-hydrogen) atoms. The average Bonchev–Trinajstić information content (AvgIpc) is 2.84. The molecule has 0 aliphatic carbocycles. The number of nitrogens with zero attached hydrogens (tertiary/aromatic N) is 3. The Balaban J connectivity index is 2.45. The highest BCUT2D eigenvalue weighted by molar-refractivity contribution is 14.1. The third-order valence-electron chi connectivity index (χ3n) is 2.81. The summed E-state index contributed by atoms with van der Waals surface area (Å²) in [5.74, 6) is 1.18. The molecule has 0 fully saturated rings. The van der Waals surface area contributed by atoms with Crippen molar-refractivity contribution in [2.24, 2.45) is 0 Å². The van der Waals surface area contributed by atoms with E-state index in [1.807, 2.05) is 5.38 Å². The fourth-order valence-corrected chi connectivity index (χ4v) is 3.15. The smallest absolute Gasteiger partial charge is 0.181 e. The number of halogens is 1. The molecule has 0 aliphatic rings. The zero-order valence-corrected chi connectivity index (χ0v) is 15.2. The molecule has 0 spiro atoms. The van der Waals surface area contributed by atoms with Gasteiger partial charge in [0.1, 0.15) is 11.5 Å². The molecule has 2 aromatic heterocycles. The van der Waals surface area contributed by atoms with Gasteiger partial charge < -0.3 is 5.73 Å². The summed E-state index contributed by atoms with van der Waals surface area (Å²) in [6.07, 6.45) is 1.95. The average molecular weight is 402 g/mol. The molecule has 0 saturated heterocycles. The third kappa shape index (κ3) is 3.28. The summed E-state index contributed by atoms with van der Waals surface area (Å²) in [5, 5.41) is 3.10. The largest absolute Gasteiger partial charge is 0.383 e. The molecule has 0 aromatic carbocycles. The van der Waals surface area contributed by atoms with Crippen LogP contribution in [0.1, 0.15) is 44.8 Å². The SMILES string of the molecule is CCCc1nc(-c2csc(C(C)(C)C)n2)nc(N)c1I. The first kappa shape index (κ1) is 15.6. The number of anilines is 1. The molecule has 0 atom stereocenters. The fraction of sp³-hybridized carbons (Fsp3) is 0.500. The summed E-state index contributed by atoms with van der Waals surface area (Å²) in [7, 11) is 0. The lowest BCUT2D eigenvalue weighted by Gasteiger charge is -2.13. The molecule has 0 saturated carbocycles. The molecule has 2 rings (SSSR count). The second kappa shape index (κ2) is 5.93. The number of nitrogens with two attached hydrogens (primary N) is 1. The minimum absolute atomic E-state index is 0.0455. The van der Waals surface area contributed by atoms with E-state index in [2.05, 4.69) is 65.2 Å². The van der Waals surface area contributed by atoms with Crippen LogP contribution in [0.2, 0.25) is 0 Å². The molecule has 0 unspecified atom stereocenters. The van der Waals surface area contributed by atoms with Crippen molar-refractivity contribution in [2.75, 3.05) is 5.73 Å². The lowest BCUT2D eigenvalue weighted by atomic mass is 9.98. The van der Waals surface area contributed by atoms with E-state index in [4.69, 9.17) is 5.73 Å². The topological polar surface area (TPSA) is 64.7 Å². The monoisotopic (exact) mass is 402 g/mol. The fourth-order valence-electron chi connectivity index (χ4n) is 1.75. The Morgan fingerprint density at radius 1 is 1.25 bits per heavy atom. The lowest BCUT2D eigenvalue weighted by molar-refractivity contribution is 0.586. The van der Waals surface area contributed by atoms with Gasteiger partial charge in [0.15, 0.2) is 5.82 Å². The van der Waals surface area contributed by atoms with Crippen LogP contribution in [0.25, 0.3) is 11.5 Å². The van der Waals surface area contributed by atoms with Gasteiger partial charge in [-0.2, -0.15) is 0 Å². The molecule has 2 heterocycles. The summed E-state index contributed by atoms with van der Waals surface area (Å²) in [6, 6.07) is 0. The van der Waals surface area contributed by atoms with Crippen LogP contribution in [0.15, 0.2) is 5.38 Å². The molecule has 4 nitrogen and oxygen atoms in total. The number of nitrogen functional groups attached to an aromatic ring is 1. The molecular formula is C14H19IN4S. The van der Waals surface area contributed by atoms with Crippen LogP contribution in [0.4, 0.5) is 5.82 Å². The van der Waals surface area contributed by atoms with Gasteiger partial charge >= 0.3 is 0 Å². The van der Waals surface area contributed by atoms with Gasteiger partial charge in [0.25, 0.3) is 0 Å². The Hall–Kier alpha value is -0.760. The minimum Gasteiger partial charge on any atom is -0.383 e. The van der Waals surface area contributed by atoms with Crippen LogP contribution < -0.4 is 5.73 Å². The van der Waals surface area contributed by atoms with Crippen molar-refractivity contribution in [2.45, 2.75) is 46.0 Å². The van der Waals surface area contributed by atoms with Gasteiger partial charge in [0.2, 0.25) is 0 Å². The van der Waals surface area contributed by atoms with E-state index in [0.717, 1.165) is 32.8 Å². The van der Waals surface area contributed by atoms with Gasteiger partial charge in [-0.15, -0.1) is 11.3 Å². The molecule has 0 radical (unpaired) electrons. The molecule has 0 aliphatic heterocycles. The predicted octanol–water partition coefficient (Wildman–Crippen LogP) is 4.04. The highest BCUT2D eigenvalue weighted by Gasteiger charge is 2.20. The zero-order chi connectivity index (χ0) is 14.9. The van der Waals surface area contributed by atoms with E-state index >= 15 is 0 Å². The number of hydrogen-bond acceptors (Lipinski definition) is 5. The van der Waals surface area contributed by atoms with Crippen molar-refractivity contribution >= 4 is 39.7 Å². The number of thiazole rings is 1. The van der Waals surface area contributed by atoms with Crippen molar-refractivity contribution in [3.8, 4) is 11.5 Å². The first-order chi connectivity index (χ1) is 9.32. The second-order valence-electron chi connectivity index (χ2n) is 5.73. The lowest BCUT2D eigenvalue weighted by Crippen LogP contribution is -2.10. The normalized spacial score (nSPS) is 11.8. The summed E-state index contributed by atoms with van der Waals surface area (Å²) in [4.78, 5) is 13.7. The Morgan fingerprint density at radius 2 is 1.95 bits per heavy atom. The zero-order valence-electron chi connectivity index (χ0n) is 12.2. The van der Waals surface area contributed by atoms with Gasteiger partial charge in [-0.3, -0.25) is 0 Å². The minimum atomic E-state index is 0.0455. The maximum Gasteiger partial charge on any atom is 0.181 e. The van der Waals surface area contributed by atoms with Gasteiger partial charge in [0, 0.05) is 10.8 Å². The maximum atomic E-state index is 6.00. The van der Waals surface area contributed by atoms with Crippen molar-refractivity contribution in [1.29, 1.82) is 0 Å². The predicted molar refractivity (Wildman–Crippen MR) is 93.0 cm³/mol. The van der Waals surface area contributed by atoms with E-state index in [0.29, 0.717) is 11.6 Å². The highest BCUT2D eigenvalue weighted by Crippen LogP contribution is 2.29. The Kier molecular flexibility index (Phi) is 4.63. The van der Waals surface area contributed by atoms with Crippen LogP contribution in [0.3, 0.4) is 0 Å². The molecule has 2 aromatic rings. The number of hydrogen-bond donors (Lipinski definition) is 1. The van der Waals surface area contributed by atoms with Gasteiger partial charge in [-0.1, -0.05) is 34.1 Å². The van der Waals surface area contributed by atoms with E-state index in [-0.39, 0.29) is 5.41 Å². The molecular weight excluding hydrogens is 383 g/mol. The number of aromatic nitrogens is 3. The van der Waals surface area contributed by atoms with Crippen LogP contribution in [-0.4, -0.2) is 15.0 Å². The molecule has 0 bridgehead atoms. The molecule has 108 valence electrons. The van der Waals surface area contributed by atoms with Gasteiger partial charge in [-0.05, 0) is 29.0 Å². The van der Waals surface area contributed by atoms with Crippen LogP contribution in [0, 0.1) is 3.57 Å². The van der Waals surface area contributed by atoms with Crippen molar-refractivity contribution < 1.29 is 0 Å². The summed E-state index contributed by atoms with van der Waals surface area (Å²) < 4.78 is 0.958. The van der Waals surface area contributed by atoms with E-state index < -0.39 is 0 Å². The molecule has 6 heteroatoms. The third-order valence-corrected chi connectivity index (χ3v) is 5.25. The van der Waals surface area contributed by atoms with E-state index in [9.17, 15) is 0 Å². The Labute approximate surface area is 137 Å². The van der Waals surface area contributed by atoms with Crippen molar-refractivity contribution in [1.82, 2.24) is 15.0 Å². The number of rotatable bonds is 3. The van der Waals surface area contributed by atoms with Crippen LogP contribution in [0.5, 0.6) is 0 Å². The summed E-state index contributed by atoms with van der Waals surface area (Å²) >= 11 is 3.86. The van der Waals surface area contributed by atoms with Gasteiger partial charge in [0.05, 0.1) is 14.3 Å². The number of aryl methyl sites for hydroxylation is 1. The molecule has 2 N–H and O–H groups in total. The molecule has 0 amide bonds. The van der Waals surface area contributed by atoms with Gasteiger partial charge in [-0.25, -0.2) is 15.0 Å². The standard InChI is InChI=1S/C14H19IN4S/c1-5-6-8-10(15)11(16)19-12(17-8)9-7-20-13(18-9)14(2,3)4/h7H,5-6H2,1-4H3,(H2,16,17,19). The Morgan fingerprint density at radius 3 is 2.50 bits per heavy atom. The maximum absolute atomic E-state index is 6.00. The van der Waals surface area contributed by atoms with E-state index in [1.165, 1.54) is 0 Å². The first-order valence-electron chi connectivity index (χ1n) is 6.61. The highest BCUT2D eigenvalue weighted by atomic mass is 127. The van der Waals surface area contributed by atoms with E-state index in [1.54, 1.807) is 11.3 Å². The summed E-state index contributed by atoms with van der Waals surface area (Å²) in [5.41, 5.74) is 7.88. The first-order valence-corrected chi connectivity index (χ1v) is 8.57. The van der Waals surface area contributed by atoms with Crippen molar-refractivity contribution in [3.63, 3.8) is 0 Å². The Bertz CT molecular complexity index is 616. The van der Waals surface area contributed by atoms with Crippen LogP contribution in [-0.2, 0) is 11.8 Å².